The number of aliphatic hydroxyl groups is 1. The van der Waals surface area contributed by atoms with Crippen LogP contribution in [0.2, 0.25) is 0 Å². The minimum absolute atomic E-state index is 0.194. The Hall–Kier alpha value is 1.70. The highest BCUT2D eigenvalue weighted by Gasteiger charge is 2.03. The molecule has 1 unspecified atom stereocenters. The number of aliphatic hydroxyl groups excluding tert-OH is 1. The molecule has 0 saturated carbocycles. The smallest absolute Gasteiger partial charge is 0.133 e. The average molecular weight is 299 g/mol. The van der Waals surface area contributed by atoms with E-state index in [1.165, 1.54) is 6.92 Å². The maximum Gasteiger partial charge on any atom is 0.133 e. The summed E-state index contributed by atoms with van der Waals surface area (Å²) in [6, 6.07) is 0. The van der Waals surface area contributed by atoms with Crippen molar-refractivity contribution in [3.05, 3.63) is 0 Å². The van der Waals surface area contributed by atoms with Crippen LogP contribution in [-0.4, -0.2) is 26.7 Å². The summed E-state index contributed by atoms with van der Waals surface area (Å²) in [5, 5.41) is 8.75. The zero-order valence-corrected chi connectivity index (χ0v) is 10.8. The van der Waals surface area contributed by atoms with Crippen molar-refractivity contribution in [2.24, 2.45) is 0 Å². The highest BCUT2D eigenvalue weighted by Crippen LogP contribution is 2.05. The molecule has 1 atom stereocenters. The van der Waals surface area contributed by atoms with E-state index in [1.807, 2.05) is 0 Å². The second kappa shape index (κ2) is 18.5. The molecule has 1 N–H and O–H groups in total. The van der Waals surface area contributed by atoms with E-state index in [0.717, 1.165) is 0 Å². The Morgan fingerprint density at radius 2 is 1.08 bits per heavy atom. The maximum atomic E-state index is 8.37. The van der Waals surface area contributed by atoms with Gasteiger partial charge >= 0.3 is 0 Å². The fourth-order valence-corrected chi connectivity index (χ4v) is 0. The molecular formula is C5H10Cl6O. The van der Waals surface area contributed by atoms with Gasteiger partial charge in [-0.15, -0.1) is 69.6 Å². The summed E-state index contributed by atoms with van der Waals surface area (Å²) in [5.74, 6) is 0. The van der Waals surface area contributed by atoms with Crippen molar-refractivity contribution in [1.82, 2.24) is 0 Å². The van der Waals surface area contributed by atoms with Gasteiger partial charge in [0.15, 0.2) is 0 Å². The molecular weight excluding hydrogens is 289 g/mol. The van der Waals surface area contributed by atoms with Crippen LogP contribution < -0.4 is 0 Å². The summed E-state index contributed by atoms with van der Waals surface area (Å²) in [4.78, 5) is -0.648. The first-order valence-electron chi connectivity index (χ1n) is 2.67. The van der Waals surface area contributed by atoms with Gasteiger partial charge in [0.1, 0.15) is 4.84 Å². The minimum atomic E-state index is -0.648. The first-order chi connectivity index (χ1) is 5.47. The molecule has 0 aromatic rings. The lowest BCUT2D eigenvalue weighted by Gasteiger charge is -1.99. The molecule has 0 heterocycles. The summed E-state index contributed by atoms with van der Waals surface area (Å²) < 4.78 is 0. The largest absolute Gasteiger partial charge is 0.391 e. The number of halogens is 6. The fourth-order valence-electron chi connectivity index (χ4n) is 0. The minimum Gasteiger partial charge on any atom is -0.391 e. The van der Waals surface area contributed by atoms with Crippen molar-refractivity contribution < 1.29 is 5.11 Å². The summed E-state index contributed by atoms with van der Waals surface area (Å²) in [6.07, 6.45) is -0.617. The van der Waals surface area contributed by atoms with Gasteiger partial charge in [-0.25, -0.2) is 0 Å². The maximum absolute atomic E-state index is 8.37. The van der Waals surface area contributed by atoms with Gasteiger partial charge in [-0.3, -0.25) is 0 Å². The summed E-state index contributed by atoms with van der Waals surface area (Å²) in [5.41, 5.74) is 0. The Labute approximate surface area is 103 Å². The zero-order valence-electron chi connectivity index (χ0n) is 6.28. The predicted octanol–water partition coefficient (Wildman–Crippen LogP) is 4.01. The highest BCUT2D eigenvalue weighted by molar-refractivity contribution is 6.44. The highest BCUT2D eigenvalue weighted by atomic mass is 35.5. The molecule has 0 fully saturated rings. The molecule has 0 aliphatic rings. The predicted molar refractivity (Wildman–Crippen MR) is 60.3 cm³/mol. The molecule has 1 nitrogen and oxygen atoms in total. The van der Waals surface area contributed by atoms with Crippen molar-refractivity contribution in [3.8, 4) is 0 Å². The molecule has 0 aliphatic carbocycles. The lowest BCUT2D eigenvalue weighted by atomic mass is 10.5. The normalized spacial score (nSPS) is 10.8. The van der Waals surface area contributed by atoms with Crippen molar-refractivity contribution in [2.45, 2.75) is 17.9 Å². The van der Waals surface area contributed by atoms with Gasteiger partial charge in [0.25, 0.3) is 0 Å². The van der Waals surface area contributed by atoms with Gasteiger partial charge in [0, 0.05) is 0 Å². The molecule has 0 aromatic carbocycles. The summed E-state index contributed by atoms with van der Waals surface area (Å²) >= 11 is 29.3. The van der Waals surface area contributed by atoms with E-state index in [9.17, 15) is 0 Å². The van der Waals surface area contributed by atoms with Gasteiger partial charge in [0.05, 0.1) is 16.8 Å². The van der Waals surface area contributed by atoms with Gasteiger partial charge in [-0.05, 0) is 6.92 Å². The number of hydrogen-bond acceptors (Lipinski definition) is 1. The van der Waals surface area contributed by atoms with Gasteiger partial charge in [-0.2, -0.15) is 0 Å². The molecule has 0 bridgehead atoms. The average Bonchev–Trinajstić information content (AvgIpc) is 1.90. The quantitative estimate of drug-likeness (QED) is 0.725. The SMILES string of the molecule is CC(O)C(Cl)Cl.ClCCl.ClCCl. The van der Waals surface area contributed by atoms with Crippen molar-refractivity contribution in [1.29, 1.82) is 0 Å². The van der Waals surface area contributed by atoms with Crippen molar-refractivity contribution in [3.63, 3.8) is 0 Å². The first kappa shape index (κ1) is 19.3. The lowest BCUT2D eigenvalue weighted by Crippen LogP contribution is -2.08. The Morgan fingerprint density at radius 1 is 1.00 bits per heavy atom. The van der Waals surface area contributed by atoms with E-state index in [2.05, 4.69) is 0 Å². The molecule has 12 heavy (non-hydrogen) atoms. The third-order valence-electron chi connectivity index (χ3n) is 0.365. The number of rotatable bonds is 1. The fraction of sp³-hybridized carbons (Fsp3) is 1.00. The van der Waals surface area contributed by atoms with Crippen LogP contribution in [-0.2, 0) is 0 Å². The summed E-state index contributed by atoms with van der Waals surface area (Å²) in [6.45, 7) is 1.53. The van der Waals surface area contributed by atoms with Crippen LogP contribution >= 0.6 is 69.6 Å². The van der Waals surface area contributed by atoms with Gasteiger partial charge in [0.2, 0.25) is 0 Å². The zero-order chi connectivity index (χ0) is 10.6. The first-order valence-corrected chi connectivity index (χ1v) is 5.69. The Bertz CT molecular complexity index is 51.9. The van der Waals surface area contributed by atoms with E-state index in [4.69, 9.17) is 74.7 Å². The summed E-state index contributed by atoms with van der Waals surface area (Å²) in [7, 11) is 0. The van der Waals surface area contributed by atoms with Crippen LogP contribution in [0.15, 0.2) is 0 Å². The second-order valence-corrected chi connectivity index (χ2v) is 4.06. The van der Waals surface area contributed by atoms with Gasteiger partial charge < -0.3 is 5.11 Å². The molecule has 7 heteroatoms. The molecule has 0 aromatic heterocycles. The molecule has 0 spiro atoms. The van der Waals surface area contributed by atoms with Crippen LogP contribution in [0.1, 0.15) is 6.92 Å². The second-order valence-electron chi connectivity index (χ2n) is 1.28. The van der Waals surface area contributed by atoms with E-state index in [0.29, 0.717) is 0 Å². The van der Waals surface area contributed by atoms with E-state index >= 15 is 0 Å². The molecule has 0 amide bonds. The third kappa shape index (κ3) is 41.2. The molecule has 78 valence electrons. The van der Waals surface area contributed by atoms with Crippen molar-refractivity contribution >= 4 is 69.6 Å². The Kier molecular flexibility index (Phi) is 29.7. The molecule has 0 saturated heterocycles. The Balaban J connectivity index is -0.000000115. The molecule has 0 radical (unpaired) electrons. The number of hydrogen-bond donors (Lipinski definition) is 1. The van der Waals surface area contributed by atoms with E-state index < -0.39 is 10.9 Å². The Morgan fingerprint density at radius 3 is 1.08 bits per heavy atom. The van der Waals surface area contributed by atoms with Gasteiger partial charge in [-0.1, -0.05) is 0 Å². The monoisotopic (exact) mass is 296 g/mol. The van der Waals surface area contributed by atoms with Crippen LogP contribution in [0, 0.1) is 0 Å². The molecule has 0 aliphatic heterocycles. The lowest BCUT2D eigenvalue weighted by molar-refractivity contribution is 0.209. The van der Waals surface area contributed by atoms with Crippen molar-refractivity contribution in [2.75, 3.05) is 10.7 Å². The van der Waals surface area contributed by atoms with Crippen LogP contribution in [0.3, 0.4) is 0 Å². The number of alkyl halides is 6. The topological polar surface area (TPSA) is 20.2 Å². The van der Waals surface area contributed by atoms with Crippen LogP contribution in [0.4, 0.5) is 0 Å². The standard InChI is InChI=1S/C3H6Cl2O.2CH2Cl2/c1-2(6)3(4)5;2*2-1-3/h2-3,6H,1H3;2*1H2. The van der Waals surface area contributed by atoms with E-state index in [-0.39, 0.29) is 10.7 Å². The third-order valence-corrected chi connectivity index (χ3v) is 1.09. The molecule has 0 rings (SSSR count). The van der Waals surface area contributed by atoms with E-state index in [1.54, 1.807) is 0 Å². The van der Waals surface area contributed by atoms with Crippen LogP contribution in [0.5, 0.6) is 0 Å². The van der Waals surface area contributed by atoms with Crippen LogP contribution in [0.25, 0.3) is 0 Å².